The SMILES string of the molecule is N#Cc1ccc(-c2ccc3c(c2)oc2ccccc23)c2c1sc1c(-n3c4ccc(-c5ccccc5)cc4c4cc(-c5ccccc5)ccc43)cccc12. The summed E-state index contributed by atoms with van der Waals surface area (Å²) in [5.41, 5.74) is 12.7. The van der Waals surface area contributed by atoms with E-state index in [1.807, 2.05) is 24.3 Å². The van der Waals surface area contributed by atoms with Crippen LogP contribution in [0.3, 0.4) is 0 Å². The molecule has 0 saturated heterocycles. The number of nitrogens with zero attached hydrogens (tertiary/aromatic N) is 2. The van der Waals surface area contributed by atoms with Crippen molar-refractivity contribution in [1.29, 1.82) is 5.26 Å². The van der Waals surface area contributed by atoms with Gasteiger partial charge in [-0.3, -0.25) is 0 Å². The Morgan fingerprint density at radius 1 is 0.453 bits per heavy atom. The molecule has 4 heteroatoms. The quantitative estimate of drug-likeness (QED) is 0.184. The highest BCUT2D eigenvalue weighted by molar-refractivity contribution is 7.26. The molecule has 0 aliphatic carbocycles. The number of fused-ring (bicyclic) bond motifs is 9. The summed E-state index contributed by atoms with van der Waals surface area (Å²) in [5.74, 6) is 0. The number of benzene rings is 8. The van der Waals surface area contributed by atoms with Crippen molar-refractivity contribution in [3.05, 3.63) is 175 Å². The lowest BCUT2D eigenvalue weighted by atomic mass is 9.96. The normalized spacial score (nSPS) is 11.8. The first kappa shape index (κ1) is 29.8. The van der Waals surface area contributed by atoms with E-state index in [4.69, 9.17) is 4.42 Å². The van der Waals surface area contributed by atoms with Gasteiger partial charge in [0.1, 0.15) is 17.2 Å². The Labute approximate surface area is 308 Å². The van der Waals surface area contributed by atoms with Crippen LogP contribution < -0.4 is 0 Å². The summed E-state index contributed by atoms with van der Waals surface area (Å²) in [6.45, 7) is 0. The van der Waals surface area contributed by atoms with Gasteiger partial charge in [0.25, 0.3) is 0 Å². The molecule has 3 aromatic heterocycles. The average molecular weight is 693 g/mol. The first-order valence-corrected chi connectivity index (χ1v) is 18.5. The molecular formula is C49H28N2OS. The van der Waals surface area contributed by atoms with Crippen LogP contribution in [-0.2, 0) is 0 Å². The Hall–Kier alpha value is -6.93. The van der Waals surface area contributed by atoms with Crippen molar-refractivity contribution in [3.8, 4) is 45.1 Å². The van der Waals surface area contributed by atoms with Crippen LogP contribution in [0.2, 0.25) is 0 Å². The molecule has 0 atom stereocenters. The third-order valence-electron chi connectivity index (χ3n) is 10.7. The van der Waals surface area contributed by atoms with Crippen LogP contribution in [0.5, 0.6) is 0 Å². The van der Waals surface area contributed by atoms with Crippen LogP contribution in [0.25, 0.3) is 103 Å². The van der Waals surface area contributed by atoms with Gasteiger partial charge in [0.05, 0.1) is 31.7 Å². The Kier molecular flexibility index (Phi) is 6.48. The van der Waals surface area contributed by atoms with E-state index in [0.717, 1.165) is 70.0 Å². The van der Waals surface area contributed by atoms with Gasteiger partial charge in [0.15, 0.2) is 0 Å². The van der Waals surface area contributed by atoms with Gasteiger partial charge in [-0.1, -0.05) is 115 Å². The van der Waals surface area contributed by atoms with Gasteiger partial charge in [-0.05, 0) is 88.0 Å². The van der Waals surface area contributed by atoms with E-state index in [0.29, 0.717) is 5.56 Å². The van der Waals surface area contributed by atoms with Crippen molar-refractivity contribution in [1.82, 2.24) is 4.57 Å². The minimum Gasteiger partial charge on any atom is -0.456 e. The molecule has 0 amide bonds. The number of aromatic nitrogens is 1. The van der Waals surface area contributed by atoms with Crippen LogP contribution in [0.4, 0.5) is 0 Å². The van der Waals surface area contributed by atoms with Gasteiger partial charge in [0.2, 0.25) is 0 Å². The molecule has 3 heterocycles. The summed E-state index contributed by atoms with van der Waals surface area (Å²) < 4.78 is 10.9. The van der Waals surface area contributed by atoms with E-state index < -0.39 is 0 Å². The smallest absolute Gasteiger partial charge is 0.136 e. The van der Waals surface area contributed by atoms with E-state index in [-0.39, 0.29) is 0 Å². The third-order valence-corrected chi connectivity index (χ3v) is 11.9. The molecule has 0 N–H and O–H groups in total. The Balaban J connectivity index is 1.18. The molecule has 0 radical (unpaired) electrons. The van der Waals surface area contributed by atoms with Gasteiger partial charge < -0.3 is 8.98 Å². The largest absolute Gasteiger partial charge is 0.456 e. The molecule has 246 valence electrons. The molecule has 53 heavy (non-hydrogen) atoms. The molecule has 0 saturated carbocycles. The summed E-state index contributed by atoms with van der Waals surface area (Å²) in [7, 11) is 0. The van der Waals surface area contributed by atoms with E-state index in [9.17, 15) is 5.26 Å². The van der Waals surface area contributed by atoms with Gasteiger partial charge in [-0.2, -0.15) is 5.26 Å². The molecule has 0 unspecified atom stereocenters. The second kappa shape index (κ2) is 11.5. The van der Waals surface area contributed by atoms with Crippen molar-refractivity contribution in [2.75, 3.05) is 0 Å². The molecule has 0 fully saturated rings. The van der Waals surface area contributed by atoms with Crippen LogP contribution in [0.1, 0.15) is 5.56 Å². The zero-order valence-electron chi connectivity index (χ0n) is 28.4. The molecule has 8 aromatic carbocycles. The van der Waals surface area contributed by atoms with Crippen LogP contribution in [0.15, 0.2) is 174 Å². The fourth-order valence-corrected chi connectivity index (χ4v) is 9.48. The van der Waals surface area contributed by atoms with Crippen molar-refractivity contribution in [3.63, 3.8) is 0 Å². The maximum absolute atomic E-state index is 10.4. The van der Waals surface area contributed by atoms with Crippen molar-refractivity contribution >= 4 is 75.3 Å². The van der Waals surface area contributed by atoms with E-state index in [1.165, 1.54) is 33.0 Å². The maximum atomic E-state index is 10.4. The highest BCUT2D eigenvalue weighted by Gasteiger charge is 2.21. The number of hydrogen-bond donors (Lipinski definition) is 0. The van der Waals surface area contributed by atoms with Crippen LogP contribution in [0, 0.1) is 11.3 Å². The third kappa shape index (κ3) is 4.52. The number of nitriles is 1. The van der Waals surface area contributed by atoms with Crippen LogP contribution in [-0.4, -0.2) is 4.57 Å². The van der Waals surface area contributed by atoms with Crippen molar-refractivity contribution < 1.29 is 4.42 Å². The molecule has 11 aromatic rings. The van der Waals surface area contributed by atoms with Crippen LogP contribution >= 0.6 is 11.3 Å². The molecule has 3 nitrogen and oxygen atoms in total. The van der Waals surface area contributed by atoms with Crippen molar-refractivity contribution in [2.45, 2.75) is 0 Å². The maximum Gasteiger partial charge on any atom is 0.136 e. The summed E-state index contributed by atoms with van der Waals surface area (Å²) in [4.78, 5) is 0. The first-order valence-electron chi connectivity index (χ1n) is 17.7. The Morgan fingerprint density at radius 3 is 1.77 bits per heavy atom. The van der Waals surface area contributed by atoms with Gasteiger partial charge >= 0.3 is 0 Å². The lowest BCUT2D eigenvalue weighted by Gasteiger charge is -2.11. The molecule has 0 bridgehead atoms. The molecule has 11 rings (SSSR count). The second-order valence-electron chi connectivity index (χ2n) is 13.6. The highest BCUT2D eigenvalue weighted by atomic mass is 32.1. The molecule has 0 aliphatic rings. The first-order chi connectivity index (χ1) is 26.2. The van der Waals surface area contributed by atoms with E-state index >= 15 is 0 Å². The number of furan rings is 1. The fraction of sp³-hybridized carbons (Fsp3) is 0. The van der Waals surface area contributed by atoms with E-state index in [2.05, 4.69) is 156 Å². The summed E-state index contributed by atoms with van der Waals surface area (Å²) in [5, 5.41) is 17.2. The summed E-state index contributed by atoms with van der Waals surface area (Å²) >= 11 is 1.70. The highest BCUT2D eigenvalue weighted by Crippen LogP contribution is 2.46. The van der Waals surface area contributed by atoms with Gasteiger partial charge in [-0.25, -0.2) is 0 Å². The number of hydrogen-bond acceptors (Lipinski definition) is 3. The molecule has 0 aliphatic heterocycles. The Morgan fingerprint density at radius 2 is 1.08 bits per heavy atom. The second-order valence-corrected chi connectivity index (χ2v) is 14.6. The standard InChI is InChI=1S/C49H28N2OS/c50-29-35-19-22-36(34-18-23-38-37-14-7-8-17-45(37)52-46(38)28-34)47-39-15-9-16-44(49(39)53-48(35)47)51-42-24-20-32(30-10-3-1-4-11-30)26-40(42)41-27-33(21-25-43(41)51)31-12-5-2-6-13-31/h1-28H. The predicted molar refractivity (Wildman–Crippen MR) is 222 cm³/mol. The monoisotopic (exact) mass is 692 g/mol. The molecular weight excluding hydrogens is 665 g/mol. The fourth-order valence-electron chi connectivity index (χ4n) is 8.19. The van der Waals surface area contributed by atoms with Gasteiger partial charge in [-0.15, -0.1) is 11.3 Å². The molecule has 0 spiro atoms. The lowest BCUT2D eigenvalue weighted by molar-refractivity contribution is 0.669. The van der Waals surface area contributed by atoms with Gasteiger partial charge in [0, 0.05) is 32.3 Å². The zero-order chi connectivity index (χ0) is 35.0. The predicted octanol–water partition coefficient (Wildman–Crippen LogP) is 13.9. The number of thiophene rings is 1. The number of para-hydroxylation sites is 1. The lowest BCUT2D eigenvalue weighted by Crippen LogP contribution is -1.94. The zero-order valence-corrected chi connectivity index (χ0v) is 29.2. The van der Waals surface area contributed by atoms with E-state index in [1.54, 1.807) is 11.3 Å². The van der Waals surface area contributed by atoms with Crippen molar-refractivity contribution in [2.24, 2.45) is 0 Å². The minimum absolute atomic E-state index is 0.683. The summed E-state index contributed by atoms with van der Waals surface area (Å²) in [6, 6.07) is 62.7. The average Bonchev–Trinajstić information content (AvgIpc) is 3.90. The summed E-state index contributed by atoms with van der Waals surface area (Å²) in [6.07, 6.45) is 0. The Bertz CT molecular complexity index is 3190. The minimum atomic E-state index is 0.683. The number of rotatable bonds is 4. The topological polar surface area (TPSA) is 41.9 Å².